The van der Waals surface area contributed by atoms with Gasteiger partial charge in [-0.1, -0.05) is 72.8 Å². The van der Waals surface area contributed by atoms with Crippen LogP contribution < -0.4 is 10.2 Å². The molecule has 1 aromatic heterocycles. The number of benzene rings is 4. The van der Waals surface area contributed by atoms with Gasteiger partial charge in [-0.15, -0.1) is 0 Å². The summed E-state index contributed by atoms with van der Waals surface area (Å²) in [7, 11) is 0. The van der Waals surface area contributed by atoms with E-state index in [2.05, 4.69) is 50.8 Å². The zero-order valence-corrected chi connectivity index (χ0v) is 16.2. The Morgan fingerprint density at radius 1 is 0.867 bits per heavy atom. The molecular formula is C25H20N4O. The average Bonchev–Trinajstić information content (AvgIpc) is 3.22. The Balaban J connectivity index is 1.43. The minimum Gasteiger partial charge on any atom is -0.488 e. The third-order valence-corrected chi connectivity index (χ3v) is 4.92. The fourth-order valence-corrected chi connectivity index (χ4v) is 3.43. The lowest BCUT2D eigenvalue weighted by atomic mass is 10.0. The van der Waals surface area contributed by atoms with Crippen LogP contribution in [0.4, 0.5) is 5.95 Å². The first-order chi connectivity index (χ1) is 14.9. The van der Waals surface area contributed by atoms with Gasteiger partial charge >= 0.3 is 0 Å². The molecule has 0 atom stereocenters. The second-order valence-corrected chi connectivity index (χ2v) is 6.95. The van der Waals surface area contributed by atoms with E-state index in [4.69, 9.17) is 4.74 Å². The van der Waals surface area contributed by atoms with Crippen molar-refractivity contribution in [1.29, 1.82) is 0 Å². The fraction of sp³-hybridized carbons (Fsp3) is 0.0400. The van der Waals surface area contributed by atoms with Gasteiger partial charge in [-0.2, -0.15) is 5.10 Å². The summed E-state index contributed by atoms with van der Waals surface area (Å²) in [6, 6.07) is 30.3. The molecule has 0 fully saturated rings. The van der Waals surface area contributed by atoms with Gasteiger partial charge in [0.1, 0.15) is 12.4 Å². The highest BCUT2D eigenvalue weighted by Crippen LogP contribution is 2.27. The molecule has 2 N–H and O–H groups in total. The van der Waals surface area contributed by atoms with E-state index in [0.717, 1.165) is 38.7 Å². The van der Waals surface area contributed by atoms with E-state index in [9.17, 15) is 0 Å². The number of anilines is 1. The second kappa shape index (κ2) is 8.09. The monoisotopic (exact) mass is 392 g/mol. The maximum Gasteiger partial charge on any atom is 0.222 e. The molecule has 5 aromatic rings. The smallest absolute Gasteiger partial charge is 0.222 e. The minimum absolute atomic E-state index is 0.497. The van der Waals surface area contributed by atoms with Crippen molar-refractivity contribution in [3.63, 3.8) is 0 Å². The predicted octanol–water partition coefficient (Wildman–Crippen LogP) is 5.74. The molecule has 0 saturated carbocycles. The molecule has 0 aliphatic heterocycles. The first kappa shape index (κ1) is 17.9. The van der Waals surface area contributed by atoms with Crippen LogP contribution in [0, 0.1) is 0 Å². The number of hydrazone groups is 1. The first-order valence-corrected chi connectivity index (χ1v) is 9.79. The van der Waals surface area contributed by atoms with Crippen LogP contribution in [0.1, 0.15) is 11.1 Å². The van der Waals surface area contributed by atoms with Gasteiger partial charge in [-0.05, 0) is 34.5 Å². The summed E-state index contributed by atoms with van der Waals surface area (Å²) >= 11 is 0. The molecule has 0 saturated heterocycles. The minimum atomic E-state index is 0.497. The highest BCUT2D eigenvalue weighted by molar-refractivity contribution is 6.02. The van der Waals surface area contributed by atoms with E-state index in [1.165, 1.54) is 0 Å². The maximum absolute atomic E-state index is 6.14. The van der Waals surface area contributed by atoms with Crippen molar-refractivity contribution in [3.05, 3.63) is 102 Å². The first-order valence-electron chi connectivity index (χ1n) is 9.79. The number of imidazole rings is 1. The number of rotatable bonds is 6. The molecule has 0 aliphatic rings. The zero-order valence-electron chi connectivity index (χ0n) is 16.2. The van der Waals surface area contributed by atoms with E-state index in [1.807, 2.05) is 60.7 Å². The molecule has 5 nitrogen and oxygen atoms in total. The van der Waals surface area contributed by atoms with E-state index in [0.29, 0.717) is 12.6 Å². The molecule has 1 heterocycles. The van der Waals surface area contributed by atoms with Gasteiger partial charge in [0.25, 0.3) is 0 Å². The molecule has 4 aromatic carbocycles. The lowest BCUT2D eigenvalue weighted by Gasteiger charge is -2.12. The number of fused-ring (bicyclic) bond motifs is 2. The quantitative estimate of drug-likeness (QED) is 0.286. The van der Waals surface area contributed by atoms with Crippen LogP contribution in [-0.4, -0.2) is 16.2 Å². The summed E-state index contributed by atoms with van der Waals surface area (Å²) in [5.74, 6) is 1.38. The fourth-order valence-electron chi connectivity index (χ4n) is 3.43. The van der Waals surface area contributed by atoms with E-state index < -0.39 is 0 Å². The van der Waals surface area contributed by atoms with Gasteiger partial charge in [-0.25, -0.2) is 10.4 Å². The number of ether oxygens (including phenoxy) is 1. The summed E-state index contributed by atoms with van der Waals surface area (Å²) in [5, 5.41) is 6.64. The zero-order chi connectivity index (χ0) is 20.2. The van der Waals surface area contributed by atoms with Gasteiger partial charge in [0.15, 0.2) is 0 Å². The Kier molecular flexibility index (Phi) is 4.84. The Labute approximate surface area is 174 Å². The Bertz CT molecular complexity index is 1290. The Hall–Kier alpha value is -4.12. The number of H-pyrrole nitrogens is 1. The molecular weight excluding hydrogens is 372 g/mol. The summed E-state index contributed by atoms with van der Waals surface area (Å²) in [5.41, 5.74) is 6.90. The van der Waals surface area contributed by atoms with Gasteiger partial charge in [-0.3, -0.25) is 0 Å². The number of aromatic amines is 1. The second-order valence-electron chi connectivity index (χ2n) is 6.95. The number of aromatic nitrogens is 2. The van der Waals surface area contributed by atoms with Crippen molar-refractivity contribution in [2.75, 3.05) is 5.43 Å². The third kappa shape index (κ3) is 3.73. The molecule has 0 bridgehead atoms. The molecule has 0 spiro atoms. The van der Waals surface area contributed by atoms with Crippen molar-refractivity contribution in [3.8, 4) is 5.75 Å². The Morgan fingerprint density at radius 2 is 1.67 bits per heavy atom. The SMILES string of the molecule is C(=N/Nc1nc2ccccc2[nH]1)/c1c(OCc2ccccc2)ccc2ccccc12. The topological polar surface area (TPSA) is 62.3 Å². The van der Waals surface area contributed by atoms with Crippen molar-refractivity contribution in [2.45, 2.75) is 6.61 Å². The molecule has 146 valence electrons. The predicted molar refractivity (Wildman–Crippen MR) is 122 cm³/mol. The van der Waals surface area contributed by atoms with Gasteiger partial charge < -0.3 is 9.72 Å². The summed E-state index contributed by atoms with van der Waals surface area (Å²) in [4.78, 5) is 7.71. The molecule has 0 amide bonds. The summed E-state index contributed by atoms with van der Waals surface area (Å²) < 4.78 is 6.14. The van der Waals surface area contributed by atoms with Crippen LogP contribution in [0.25, 0.3) is 21.8 Å². The van der Waals surface area contributed by atoms with Crippen LogP contribution in [0.3, 0.4) is 0 Å². The van der Waals surface area contributed by atoms with E-state index in [1.54, 1.807) is 6.21 Å². The maximum atomic E-state index is 6.14. The van der Waals surface area contributed by atoms with Crippen molar-refractivity contribution in [1.82, 2.24) is 9.97 Å². The summed E-state index contributed by atoms with van der Waals surface area (Å²) in [6.07, 6.45) is 1.79. The number of nitrogens with zero attached hydrogens (tertiary/aromatic N) is 2. The number of para-hydroxylation sites is 2. The standard InChI is InChI=1S/C25H20N4O/c1-2-8-18(9-3-1)17-30-24-15-14-19-10-4-5-11-20(19)21(24)16-26-29-25-27-22-12-6-7-13-23(22)28-25/h1-16H,17H2,(H2,27,28,29)/b26-16-. The highest BCUT2D eigenvalue weighted by Gasteiger charge is 2.08. The molecule has 0 aliphatic carbocycles. The molecule has 30 heavy (non-hydrogen) atoms. The van der Waals surface area contributed by atoms with Crippen LogP contribution in [0.5, 0.6) is 5.75 Å². The molecule has 0 radical (unpaired) electrons. The van der Waals surface area contributed by atoms with Gasteiger partial charge in [0.05, 0.1) is 17.2 Å². The van der Waals surface area contributed by atoms with Crippen LogP contribution >= 0.6 is 0 Å². The van der Waals surface area contributed by atoms with Crippen molar-refractivity contribution < 1.29 is 4.74 Å². The molecule has 0 unspecified atom stereocenters. The molecule has 5 rings (SSSR count). The normalized spacial score (nSPS) is 11.3. The lowest BCUT2D eigenvalue weighted by molar-refractivity contribution is 0.306. The Morgan fingerprint density at radius 3 is 2.57 bits per heavy atom. The van der Waals surface area contributed by atoms with Crippen molar-refractivity contribution >= 4 is 34.0 Å². The number of hydrogen-bond donors (Lipinski definition) is 2. The van der Waals surface area contributed by atoms with E-state index >= 15 is 0 Å². The molecule has 5 heteroatoms. The lowest BCUT2D eigenvalue weighted by Crippen LogP contribution is -2.00. The summed E-state index contributed by atoms with van der Waals surface area (Å²) in [6.45, 7) is 0.497. The van der Waals surface area contributed by atoms with Crippen LogP contribution in [0.15, 0.2) is 96.1 Å². The van der Waals surface area contributed by atoms with Crippen LogP contribution in [0.2, 0.25) is 0 Å². The van der Waals surface area contributed by atoms with E-state index in [-0.39, 0.29) is 0 Å². The van der Waals surface area contributed by atoms with Gasteiger partial charge in [0, 0.05) is 5.56 Å². The number of nitrogens with one attached hydrogen (secondary N) is 2. The van der Waals surface area contributed by atoms with Crippen LogP contribution in [-0.2, 0) is 6.61 Å². The van der Waals surface area contributed by atoms with Crippen molar-refractivity contribution in [2.24, 2.45) is 5.10 Å². The average molecular weight is 392 g/mol. The van der Waals surface area contributed by atoms with Gasteiger partial charge in [0.2, 0.25) is 5.95 Å². The highest BCUT2D eigenvalue weighted by atomic mass is 16.5. The third-order valence-electron chi connectivity index (χ3n) is 4.92. The number of hydrogen-bond acceptors (Lipinski definition) is 4. The largest absolute Gasteiger partial charge is 0.488 e.